The first-order chi connectivity index (χ1) is 15.1. The lowest BCUT2D eigenvalue weighted by Crippen LogP contribution is -2.14. The number of halogens is 2. The predicted molar refractivity (Wildman–Crippen MR) is 123 cm³/mol. The van der Waals surface area contributed by atoms with Crippen LogP contribution in [0.3, 0.4) is 0 Å². The lowest BCUT2D eigenvalue weighted by atomic mass is 10.1. The van der Waals surface area contributed by atoms with Crippen molar-refractivity contribution in [2.45, 2.75) is 18.4 Å². The number of amides is 1. The topological polar surface area (TPSA) is 131 Å². The molecule has 11 heteroatoms. The average Bonchev–Trinajstić information content (AvgIpc) is 3.00. The lowest BCUT2D eigenvalue weighted by molar-refractivity contribution is -0.112. The molecule has 0 atom stereocenters. The molecule has 8 nitrogen and oxygen atoms in total. The van der Waals surface area contributed by atoms with Gasteiger partial charge >= 0.3 is 0 Å². The molecule has 0 spiro atoms. The number of nitrogens with two attached hydrogens (primary N) is 1. The smallest absolute Gasteiger partial charge is 0.266 e. The number of aryl methyl sites for hydroxylation is 1. The molecule has 1 aromatic heterocycles. The van der Waals surface area contributed by atoms with Gasteiger partial charge in [-0.05, 0) is 48.9 Å². The number of hydrogen-bond acceptors (Lipinski definition) is 5. The first kappa shape index (κ1) is 23.5. The van der Waals surface area contributed by atoms with Crippen LogP contribution in [0.25, 0.3) is 6.08 Å². The van der Waals surface area contributed by atoms with Gasteiger partial charge in [-0.25, -0.2) is 18.2 Å². The number of nitriles is 1. The second kappa shape index (κ2) is 9.54. The average molecular weight is 490 g/mol. The molecule has 0 fully saturated rings. The molecule has 1 amide bonds. The van der Waals surface area contributed by atoms with E-state index in [4.69, 9.17) is 28.3 Å². The second-order valence-electron chi connectivity index (χ2n) is 6.73. The van der Waals surface area contributed by atoms with Crippen molar-refractivity contribution in [2.24, 2.45) is 5.14 Å². The summed E-state index contributed by atoms with van der Waals surface area (Å²) in [4.78, 5) is 12.5. The van der Waals surface area contributed by atoms with Crippen LogP contribution < -0.4 is 10.5 Å². The molecule has 0 unspecified atom stereocenters. The van der Waals surface area contributed by atoms with Crippen LogP contribution >= 0.6 is 23.2 Å². The number of rotatable bonds is 6. The third kappa shape index (κ3) is 5.36. The number of aromatic nitrogens is 2. The van der Waals surface area contributed by atoms with E-state index in [0.717, 1.165) is 5.56 Å². The molecule has 3 rings (SSSR count). The van der Waals surface area contributed by atoms with Crippen molar-refractivity contribution in [3.05, 3.63) is 81.1 Å². The van der Waals surface area contributed by atoms with E-state index in [9.17, 15) is 18.5 Å². The summed E-state index contributed by atoms with van der Waals surface area (Å²) < 4.78 is 24.2. The van der Waals surface area contributed by atoms with Crippen molar-refractivity contribution in [3.8, 4) is 6.07 Å². The van der Waals surface area contributed by atoms with Crippen molar-refractivity contribution in [2.75, 3.05) is 5.32 Å². The van der Waals surface area contributed by atoms with E-state index in [1.807, 2.05) is 24.3 Å². The number of carbonyl (C=O) groups is 1. The van der Waals surface area contributed by atoms with E-state index in [2.05, 4.69) is 10.4 Å². The number of nitrogens with one attached hydrogen (secondary N) is 1. The van der Waals surface area contributed by atoms with Crippen LogP contribution in [-0.4, -0.2) is 24.1 Å². The summed E-state index contributed by atoms with van der Waals surface area (Å²) in [6.07, 6.45) is 1.35. The minimum absolute atomic E-state index is 0.0973. The Bertz CT molecular complexity index is 1360. The van der Waals surface area contributed by atoms with Crippen molar-refractivity contribution < 1.29 is 13.2 Å². The Hall–Kier alpha value is -3.16. The quantitative estimate of drug-likeness (QED) is 0.402. The lowest BCUT2D eigenvalue weighted by Gasteiger charge is -2.06. The van der Waals surface area contributed by atoms with Gasteiger partial charge in [-0.15, -0.1) is 0 Å². The van der Waals surface area contributed by atoms with Crippen LogP contribution in [0.15, 0.2) is 59.0 Å². The number of anilines is 1. The summed E-state index contributed by atoms with van der Waals surface area (Å²) in [5.74, 6) is -0.690. The number of nitrogens with zero attached hydrogens (tertiary/aromatic N) is 3. The van der Waals surface area contributed by atoms with Gasteiger partial charge in [0, 0.05) is 16.3 Å². The fraction of sp³-hybridized carbons (Fsp3) is 0.0952. The number of primary sulfonamides is 1. The zero-order valence-electron chi connectivity index (χ0n) is 16.7. The highest BCUT2D eigenvalue weighted by Gasteiger charge is 2.17. The van der Waals surface area contributed by atoms with E-state index in [1.165, 1.54) is 35.0 Å². The Morgan fingerprint density at radius 1 is 1.22 bits per heavy atom. The van der Waals surface area contributed by atoms with Gasteiger partial charge in [0.15, 0.2) is 0 Å². The summed E-state index contributed by atoms with van der Waals surface area (Å²) in [5.41, 5.74) is 1.86. The number of benzene rings is 2. The SMILES string of the molecule is Cc1nn(Cc2ccccc2Cl)c(Cl)c1/C=C(\C#N)C(=O)Nc1ccc(S(N)(=O)=O)cc1. The van der Waals surface area contributed by atoms with E-state index in [1.54, 1.807) is 13.0 Å². The molecule has 0 aliphatic rings. The number of carbonyl (C=O) groups excluding carboxylic acids is 1. The highest BCUT2D eigenvalue weighted by atomic mass is 35.5. The fourth-order valence-electron chi connectivity index (χ4n) is 2.84. The van der Waals surface area contributed by atoms with Gasteiger partial charge in [-0.3, -0.25) is 4.79 Å². The van der Waals surface area contributed by atoms with Crippen molar-refractivity contribution in [3.63, 3.8) is 0 Å². The molecule has 1 heterocycles. The molecule has 0 saturated heterocycles. The third-order valence-corrected chi connectivity index (χ3v) is 6.18. The molecule has 0 radical (unpaired) electrons. The Labute approximate surface area is 194 Å². The molecule has 0 bridgehead atoms. The predicted octanol–water partition coefficient (Wildman–Crippen LogP) is 3.74. The second-order valence-corrected chi connectivity index (χ2v) is 9.06. The molecule has 0 aliphatic carbocycles. The van der Waals surface area contributed by atoms with Gasteiger partial charge < -0.3 is 5.32 Å². The third-order valence-electron chi connectivity index (χ3n) is 4.48. The van der Waals surface area contributed by atoms with E-state index >= 15 is 0 Å². The maximum absolute atomic E-state index is 12.6. The zero-order chi connectivity index (χ0) is 23.5. The highest BCUT2D eigenvalue weighted by Crippen LogP contribution is 2.25. The molecule has 0 saturated carbocycles. The molecule has 0 aliphatic heterocycles. The van der Waals surface area contributed by atoms with Crippen LogP contribution in [0.5, 0.6) is 0 Å². The van der Waals surface area contributed by atoms with Crippen LogP contribution in [-0.2, 0) is 21.4 Å². The van der Waals surface area contributed by atoms with Gasteiger partial charge in [0.25, 0.3) is 5.91 Å². The minimum Gasteiger partial charge on any atom is -0.321 e. The van der Waals surface area contributed by atoms with E-state index in [0.29, 0.717) is 28.5 Å². The van der Waals surface area contributed by atoms with Crippen LogP contribution in [0, 0.1) is 18.3 Å². The molecule has 2 aromatic carbocycles. The van der Waals surface area contributed by atoms with Crippen LogP contribution in [0.4, 0.5) is 5.69 Å². The van der Waals surface area contributed by atoms with E-state index < -0.39 is 15.9 Å². The van der Waals surface area contributed by atoms with Crippen molar-refractivity contribution in [1.29, 1.82) is 5.26 Å². The van der Waals surface area contributed by atoms with Crippen molar-refractivity contribution >= 4 is 50.9 Å². The largest absolute Gasteiger partial charge is 0.321 e. The molecular formula is C21H17Cl2N5O3S. The van der Waals surface area contributed by atoms with Crippen LogP contribution in [0.2, 0.25) is 10.2 Å². The normalized spacial score (nSPS) is 11.8. The maximum Gasteiger partial charge on any atom is 0.266 e. The monoisotopic (exact) mass is 489 g/mol. The summed E-state index contributed by atoms with van der Waals surface area (Å²) in [7, 11) is -3.85. The standard InChI is InChI=1S/C21H17Cl2N5O3S/c1-13-18(20(23)28(27-13)12-14-4-2-3-5-19(14)22)10-15(11-24)21(29)26-16-6-8-17(9-7-16)32(25,30)31/h2-10H,12H2,1H3,(H,26,29)(H2,25,30,31)/b15-10+. The van der Waals surface area contributed by atoms with Gasteiger partial charge in [0.1, 0.15) is 16.8 Å². The van der Waals surface area contributed by atoms with Crippen LogP contribution in [0.1, 0.15) is 16.8 Å². The first-order valence-corrected chi connectivity index (χ1v) is 11.4. The summed E-state index contributed by atoms with van der Waals surface area (Å²) in [5, 5.41) is 22.3. The Morgan fingerprint density at radius 3 is 2.47 bits per heavy atom. The molecule has 3 N–H and O–H groups in total. The summed E-state index contributed by atoms with van der Waals surface area (Å²) in [6, 6.07) is 14.4. The van der Waals surface area contributed by atoms with Gasteiger partial charge in [0.2, 0.25) is 10.0 Å². The molecule has 164 valence electrons. The van der Waals surface area contributed by atoms with Gasteiger partial charge in [-0.2, -0.15) is 10.4 Å². The summed E-state index contributed by atoms with van der Waals surface area (Å²) >= 11 is 12.7. The first-order valence-electron chi connectivity index (χ1n) is 9.12. The summed E-state index contributed by atoms with van der Waals surface area (Å²) in [6.45, 7) is 2.03. The van der Waals surface area contributed by atoms with E-state index in [-0.39, 0.29) is 15.6 Å². The minimum atomic E-state index is -3.85. The highest BCUT2D eigenvalue weighted by molar-refractivity contribution is 7.89. The van der Waals surface area contributed by atoms with Gasteiger partial charge in [0.05, 0.1) is 17.1 Å². The maximum atomic E-state index is 12.6. The zero-order valence-corrected chi connectivity index (χ0v) is 19.0. The molecule has 3 aromatic rings. The Morgan fingerprint density at radius 2 is 1.88 bits per heavy atom. The van der Waals surface area contributed by atoms with Crippen molar-refractivity contribution in [1.82, 2.24) is 9.78 Å². The Balaban J connectivity index is 1.84. The number of sulfonamides is 1. The fourth-order valence-corrected chi connectivity index (χ4v) is 3.84. The number of hydrogen-bond donors (Lipinski definition) is 2. The van der Waals surface area contributed by atoms with Gasteiger partial charge in [-0.1, -0.05) is 41.4 Å². The Kier molecular flexibility index (Phi) is 7.01. The molecular weight excluding hydrogens is 473 g/mol. The molecule has 32 heavy (non-hydrogen) atoms.